The first-order chi connectivity index (χ1) is 9.75. The van der Waals surface area contributed by atoms with Crippen LogP contribution in [-0.4, -0.2) is 19.1 Å². The van der Waals surface area contributed by atoms with Gasteiger partial charge in [0, 0.05) is 25.5 Å². The van der Waals surface area contributed by atoms with Crippen molar-refractivity contribution in [3.05, 3.63) is 45.3 Å². The Balaban J connectivity index is 1.71. The van der Waals surface area contributed by atoms with Gasteiger partial charge in [0.1, 0.15) is 4.70 Å². The highest BCUT2D eigenvalue weighted by Gasteiger charge is 2.06. The van der Waals surface area contributed by atoms with Crippen molar-refractivity contribution in [2.24, 2.45) is 0 Å². The minimum Gasteiger partial charge on any atom is -0.337 e. The highest BCUT2D eigenvalue weighted by molar-refractivity contribution is 7.71. The average molecular weight is 306 g/mol. The van der Waals surface area contributed by atoms with Crippen LogP contribution < -0.4 is 5.56 Å². The zero-order valence-electron chi connectivity index (χ0n) is 10.8. The van der Waals surface area contributed by atoms with E-state index in [0.717, 1.165) is 29.6 Å². The fourth-order valence-electron chi connectivity index (χ4n) is 2.16. The Bertz CT molecular complexity index is 813. The molecule has 0 spiro atoms. The molecule has 0 amide bonds. The third kappa shape index (κ3) is 2.59. The maximum Gasteiger partial charge on any atom is 0.272 e. The molecule has 3 aromatic rings. The molecule has 0 aliphatic heterocycles. The van der Waals surface area contributed by atoms with Crippen molar-refractivity contribution < 1.29 is 0 Å². The minimum atomic E-state index is 0.0152. The third-order valence-corrected chi connectivity index (χ3v) is 4.42. The van der Waals surface area contributed by atoms with E-state index in [2.05, 4.69) is 9.97 Å². The van der Waals surface area contributed by atoms with Crippen LogP contribution >= 0.6 is 23.6 Å². The molecule has 0 aliphatic carbocycles. The molecule has 0 saturated carbocycles. The largest absolute Gasteiger partial charge is 0.337 e. The molecule has 3 heterocycles. The number of hydrogen-bond donors (Lipinski definition) is 1. The third-order valence-electron chi connectivity index (χ3n) is 3.20. The van der Waals surface area contributed by atoms with Crippen LogP contribution in [0.15, 0.2) is 35.0 Å². The first-order valence-electron chi connectivity index (χ1n) is 6.42. The molecule has 104 valence electrons. The second-order valence-electron chi connectivity index (χ2n) is 4.56. The van der Waals surface area contributed by atoms with Crippen molar-refractivity contribution in [2.75, 3.05) is 0 Å². The molecule has 0 unspecified atom stereocenters. The fraction of sp³-hybridized carbons (Fsp3) is 0.308. The van der Waals surface area contributed by atoms with Crippen LogP contribution in [0.3, 0.4) is 0 Å². The van der Waals surface area contributed by atoms with Gasteiger partial charge in [-0.05, 0) is 36.5 Å². The second kappa shape index (κ2) is 5.72. The molecule has 5 nitrogen and oxygen atoms in total. The first-order valence-corrected chi connectivity index (χ1v) is 7.70. The van der Waals surface area contributed by atoms with Crippen LogP contribution in [0.2, 0.25) is 0 Å². The van der Waals surface area contributed by atoms with Gasteiger partial charge in [0.2, 0.25) is 0 Å². The summed E-state index contributed by atoms with van der Waals surface area (Å²) >= 11 is 6.71. The molecule has 0 saturated heterocycles. The van der Waals surface area contributed by atoms with E-state index in [4.69, 9.17) is 12.2 Å². The predicted molar refractivity (Wildman–Crippen MR) is 82.7 cm³/mol. The normalized spacial score (nSPS) is 11.2. The van der Waals surface area contributed by atoms with Gasteiger partial charge in [0.15, 0.2) is 4.77 Å². The number of H-pyrrole nitrogens is 1. The van der Waals surface area contributed by atoms with Crippen LogP contribution in [0.5, 0.6) is 0 Å². The van der Waals surface area contributed by atoms with Crippen molar-refractivity contribution in [1.29, 1.82) is 0 Å². The second-order valence-corrected chi connectivity index (χ2v) is 5.86. The SMILES string of the molecule is O=c1c2sccc2[nH]c(=S)n1CCCCn1ccnc1. The van der Waals surface area contributed by atoms with E-state index >= 15 is 0 Å². The highest BCUT2D eigenvalue weighted by atomic mass is 32.1. The highest BCUT2D eigenvalue weighted by Crippen LogP contribution is 2.14. The maximum atomic E-state index is 12.3. The monoisotopic (exact) mass is 306 g/mol. The fourth-order valence-corrected chi connectivity index (χ4v) is 3.24. The summed E-state index contributed by atoms with van der Waals surface area (Å²) in [6.07, 6.45) is 7.41. The van der Waals surface area contributed by atoms with Gasteiger partial charge in [0.05, 0.1) is 11.8 Å². The number of hydrogen-bond acceptors (Lipinski definition) is 4. The Morgan fingerprint density at radius 3 is 3.00 bits per heavy atom. The number of thiophene rings is 1. The number of nitrogens with zero attached hydrogens (tertiary/aromatic N) is 3. The Morgan fingerprint density at radius 1 is 1.35 bits per heavy atom. The molecule has 20 heavy (non-hydrogen) atoms. The van der Waals surface area contributed by atoms with Gasteiger partial charge in [-0.1, -0.05) is 0 Å². The number of unbranched alkanes of at least 4 members (excludes halogenated alkanes) is 1. The number of aryl methyl sites for hydroxylation is 1. The lowest BCUT2D eigenvalue weighted by molar-refractivity contribution is 0.539. The lowest BCUT2D eigenvalue weighted by Gasteiger charge is -2.06. The van der Waals surface area contributed by atoms with Crippen LogP contribution in [0.25, 0.3) is 10.2 Å². The number of rotatable bonds is 5. The van der Waals surface area contributed by atoms with E-state index in [0.29, 0.717) is 11.3 Å². The quantitative estimate of drug-likeness (QED) is 0.582. The zero-order chi connectivity index (χ0) is 13.9. The van der Waals surface area contributed by atoms with E-state index in [9.17, 15) is 4.79 Å². The molecule has 3 aromatic heterocycles. The van der Waals surface area contributed by atoms with Crippen LogP contribution in [-0.2, 0) is 13.1 Å². The molecule has 0 atom stereocenters. The Labute approximate surface area is 124 Å². The molecule has 0 bridgehead atoms. The molecule has 0 radical (unpaired) electrons. The van der Waals surface area contributed by atoms with Crippen molar-refractivity contribution in [3.8, 4) is 0 Å². The summed E-state index contributed by atoms with van der Waals surface area (Å²) in [5.41, 5.74) is 0.848. The maximum absolute atomic E-state index is 12.3. The zero-order valence-corrected chi connectivity index (χ0v) is 12.4. The molecule has 0 aromatic carbocycles. The lowest BCUT2D eigenvalue weighted by atomic mass is 10.3. The summed E-state index contributed by atoms with van der Waals surface area (Å²) in [6, 6.07) is 1.89. The number of nitrogens with one attached hydrogen (secondary N) is 1. The molecule has 7 heteroatoms. The van der Waals surface area contributed by atoms with Gasteiger partial charge in [-0.2, -0.15) is 0 Å². The lowest BCUT2D eigenvalue weighted by Crippen LogP contribution is -2.21. The minimum absolute atomic E-state index is 0.0152. The standard InChI is InChI=1S/C13H14N4OS2/c18-12-11-10(3-8-20-11)15-13(19)17(12)6-2-1-5-16-7-4-14-9-16/h3-4,7-9H,1-2,5-6H2,(H,15,19). The topological polar surface area (TPSA) is 55.6 Å². The number of fused-ring (bicyclic) bond motifs is 1. The summed E-state index contributed by atoms with van der Waals surface area (Å²) < 4.78 is 4.94. The van der Waals surface area contributed by atoms with Crippen molar-refractivity contribution >= 4 is 33.8 Å². The Hall–Kier alpha value is -1.73. The summed E-state index contributed by atoms with van der Waals surface area (Å²) in [5, 5.41) is 1.90. The van der Waals surface area contributed by atoms with E-state index in [1.165, 1.54) is 11.3 Å². The summed E-state index contributed by atoms with van der Waals surface area (Å²) in [5.74, 6) is 0. The molecule has 0 aliphatic rings. The Kier molecular flexibility index (Phi) is 3.79. The van der Waals surface area contributed by atoms with Crippen molar-refractivity contribution in [1.82, 2.24) is 19.1 Å². The van der Waals surface area contributed by atoms with E-state index in [1.807, 2.05) is 22.2 Å². The molecular formula is C13H14N4OS2. The van der Waals surface area contributed by atoms with Gasteiger partial charge >= 0.3 is 0 Å². The van der Waals surface area contributed by atoms with Gasteiger partial charge < -0.3 is 9.55 Å². The molecule has 1 N–H and O–H groups in total. The average Bonchev–Trinajstić information content (AvgIpc) is 3.08. The van der Waals surface area contributed by atoms with Crippen molar-refractivity contribution in [3.63, 3.8) is 0 Å². The smallest absolute Gasteiger partial charge is 0.272 e. The number of imidazole rings is 1. The van der Waals surface area contributed by atoms with Gasteiger partial charge in [-0.3, -0.25) is 9.36 Å². The van der Waals surface area contributed by atoms with Crippen molar-refractivity contribution in [2.45, 2.75) is 25.9 Å². The van der Waals surface area contributed by atoms with Crippen LogP contribution in [0.1, 0.15) is 12.8 Å². The van der Waals surface area contributed by atoms with Crippen LogP contribution in [0.4, 0.5) is 0 Å². The van der Waals surface area contributed by atoms with Crippen LogP contribution in [0, 0.1) is 4.77 Å². The van der Waals surface area contributed by atoms with Gasteiger partial charge in [-0.15, -0.1) is 11.3 Å². The Morgan fingerprint density at radius 2 is 2.20 bits per heavy atom. The van der Waals surface area contributed by atoms with Gasteiger partial charge in [0.25, 0.3) is 5.56 Å². The summed E-state index contributed by atoms with van der Waals surface area (Å²) in [4.78, 5) is 19.4. The predicted octanol–water partition coefficient (Wildman–Crippen LogP) is 2.80. The van der Waals surface area contributed by atoms with Gasteiger partial charge in [-0.25, -0.2) is 4.98 Å². The molecular weight excluding hydrogens is 292 g/mol. The van der Waals surface area contributed by atoms with E-state index in [-0.39, 0.29) is 5.56 Å². The summed E-state index contributed by atoms with van der Waals surface area (Å²) in [7, 11) is 0. The van der Waals surface area contributed by atoms with E-state index in [1.54, 1.807) is 17.1 Å². The molecule has 0 fully saturated rings. The molecule has 3 rings (SSSR count). The first kappa shape index (κ1) is 13.3. The number of aromatic amines is 1. The number of aromatic nitrogens is 4. The van der Waals surface area contributed by atoms with E-state index < -0.39 is 0 Å². The summed E-state index contributed by atoms with van der Waals surface area (Å²) in [6.45, 7) is 1.56.